The topological polar surface area (TPSA) is 38.0 Å². The highest BCUT2D eigenvalue weighted by Crippen LogP contribution is 2.13. The first-order valence-corrected chi connectivity index (χ1v) is 4.86. The van der Waals surface area contributed by atoms with Gasteiger partial charge in [0.15, 0.2) is 0 Å². The number of hydrogen-bond donors (Lipinski definition) is 2. The van der Waals surface area contributed by atoms with Crippen LogP contribution in [0.3, 0.4) is 0 Å². The molecule has 3 N–H and O–H groups in total. The highest BCUT2D eigenvalue weighted by Gasteiger charge is 2.23. The van der Waals surface area contributed by atoms with Crippen molar-refractivity contribution in [1.82, 2.24) is 5.32 Å². The molecular formula is C11H16N2. The van der Waals surface area contributed by atoms with Gasteiger partial charge in [-0.25, -0.2) is 0 Å². The van der Waals surface area contributed by atoms with Crippen LogP contribution in [0.2, 0.25) is 0 Å². The standard InChI is InChI=1S/C11H16N2/c12-11-8-13-7-10(11)6-9-4-2-1-3-5-9/h1-5,10-11,13H,6-8,12H2/t10-,11-/m0/s1. The van der Waals surface area contributed by atoms with Gasteiger partial charge in [-0.15, -0.1) is 0 Å². The fraction of sp³-hybridized carbons (Fsp3) is 0.455. The van der Waals surface area contributed by atoms with Crippen LogP contribution >= 0.6 is 0 Å². The van der Waals surface area contributed by atoms with E-state index < -0.39 is 0 Å². The van der Waals surface area contributed by atoms with Gasteiger partial charge in [-0.3, -0.25) is 0 Å². The largest absolute Gasteiger partial charge is 0.326 e. The number of hydrogen-bond acceptors (Lipinski definition) is 2. The maximum absolute atomic E-state index is 5.96. The Hall–Kier alpha value is -0.860. The van der Waals surface area contributed by atoms with Crippen molar-refractivity contribution in [3.8, 4) is 0 Å². The Labute approximate surface area is 79.1 Å². The van der Waals surface area contributed by atoms with Crippen LogP contribution in [-0.2, 0) is 6.42 Å². The second-order valence-corrected chi connectivity index (χ2v) is 3.77. The minimum Gasteiger partial charge on any atom is -0.326 e. The van der Waals surface area contributed by atoms with E-state index in [2.05, 4.69) is 35.6 Å². The fourth-order valence-electron chi connectivity index (χ4n) is 1.89. The van der Waals surface area contributed by atoms with Crippen molar-refractivity contribution in [3.63, 3.8) is 0 Å². The summed E-state index contributed by atoms with van der Waals surface area (Å²) in [5.74, 6) is 0.613. The lowest BCUT2D eigenvalue weighted by molar-refractivity contribution is 0.512. The van der Waals surface area contributed by atoms with Gasteiger partial charge in [0.2, 0.25) is 0 Å². The van der Waals surface area contributed by atoms with Crippen molar-refractivity contribution in [2.75, 3.05) is 13.1 Å². The smallest absolute Gasteiger partial charge is 0.0209 e. The van der Waals surface area contributed by atoms with Crippen LogP contribution < -0.4 is 11.1 Å². The van der Waals surface area contributed by atoms with Gasteiger partial charge >= 0.3 is 0 Å². The summed E-state index contributed by atoms with van der Waals surface area (Å²) < 4.78 is 0. The van der Waals surface area contributed by atoms with Crippen molar-refractivity contribution in [2.24, 2.45) is 11.7 Å². The van der Waals surface area contributed by atoms with E-state index in [1.54, 1.807) is 0 Å². The first-order valence-electron chi connectivity index (χ1n) is 4.86. The van der Waals surface area contributed by atoms with Crippen molar-refractivity contribution >= 4 is 0 Å². The highest BCUT2D eigenvalue weighted by atomic mass is 15.0. The van der Waals surface area contributed by atoms with Crippen molar-refractivity contribution < 1.29 is 0 Å². The Bertz CT molecular complexity index is 258. The summed E-state index contributed by atoms with van der Waals surface area (Å²) in [7, 11) is 0. The quantitative estimate of drug-likeness (QED) is 0.698. The van der Waals surface area contributed by atoms with Crippen LogP contribution in [0, 0.1) is 5.92 Å². The molecule has 70 valence electrons. The summed E-state index contributed by atoms with van der Waals surface area (Å²) >= 11 is 0. The summed E-state index contributed by atoms with van der Waals surface area (Å²) in [6.07, 6.45) is 1.11. The molecule has 0 bridgehead atoms. The Morgan fingerprint density at radius 3 is 2.62 bits per heavy atom. The normalized spacial score (nSPS) is 27.8. The van der Waals surface area contributed by atoms with E-state index in [4.69, 9.17) is 5.73 Å². The van der Waals surface area contributed by atoms with E-state index >= 15 is 0 Å². The molecular weight excluding hydrogens is 160 g/mol. The molecule has 2 atom stereocenters. The van der Waals surface area contributed by atoms with E-state index in [0.29, 0.717) is 12.0 Å². The van der Waals surface area contributed by atoms with Gasteiger partial charge in [-0.2, -0.15) is 0 Å². The van der Waals surface area contributed by atoms with E-state index in [9.17, 15) is 0 Å². The molecule has 2 rings (SSSR count). The molecule has 1 aliphatic rings. The summed E-state index contributed by atoms with van der Waals surface area (Å²) in [6, 6.07) is 10.9. The first kappa shape index (κ1) is 8.73. The minimum atomic E-state index is 0.334. The molecule has 1 aromatic carbocycles. The molecule has 1 saturated heterocycles. The summed E-state index contributed by atoms with van der Waals surface area (Å²) in [5.41, 5.74) is 7.36. The lowest BCUT2D eigenvalue weighted by atomic mass is 9.96. The Balaban J connectivity index is 1.98. The lowest BCUT2D eigenvalue weighted by Crippen LogP contribution is -2.30. The monoisotopic (exact) mass is 176 g/mol. The molecule has 1 fully saturated rings. The average Bonchev–Trinajstić information content (AvgIpc) is 2.54. The van der Waals surface area contributed by atoms with E-state index in [1.165, 1.54) is 5.56 Å². The maximum atomic E-state index is 5.96. The number of nitrogens with two attached hydrogens (primary N) is 1. The predicted octanol–water partition coefficient (Wildman–Crippen LogP) is 0.776. The van der Waals surface area contributed by atoms with Crippen molar-refractivity contribution in [1.29, 1.82) is 0 Å². The number of benzene rings is 1. The van der Waals surface area contributed by atoms with Crippen LogP contribution in [0.4, 0.5) is 0 Å². The molecule has 0 spiro atoms. The molecule has 0 aromatic heterocycles. The molecule has 0 unspecified atom stereocenters. The predicted molar refractivity (Wildman–Crippen MR) is 54.5 cm³/mol. The zero-order chi connectivity index (χ0) is 9.10. The Morgan fingerprint density at radius 2 is 2.00 bits per heavy atom. The SMILES string of the molecule is N[C@H]1CNC[C@@H]1Cc1ccccc1. The van der Waals surface area contributed by atoms with Gasteiger partial charge in [-0.05, 0) is 24.4 Å². The van der Waals surface area contributed by atoms with Crippen LogP contribution in [0.25, 0.3) is 0 Å². The zero-order valence-corrected chi connectivity index (χ0v) is 7.74. The summed E-state index contributed by atoms with van der Waals surface area (Å²) in [4.78, 5) is 0. The Morgan fingerprint density at radius 1 is 1.23 bits per heavy atom. The molecule has 0 aliphatic carbocycles. The van der Waals surface area contributed by atoms with Crippen LogP contribution in [0.15, 0.2) is 30.3 Å². The molecule has 1 heterocycles. The third-order valence-corrected chi connectivity index (χ3v) is 2.73. The van der Waals surface area contributed by atoms with Gasteiger partial charge in [-0.1, -0.05) is 30.3 Å². The van der Waals surface area contributed by atoms with Gasteiger partial charge in [0.25, 0.3) is 0 Å². The molecule has 2 heteroatoms. The van der Waals surface area contributed by atoms with Crippen molar-refractivity contribution in [2.45, 2.75) is 12.5 Å². The van der Waals surface area contributed by atoms with Crippen LogP contribution in [-0.4, -0.2) is 19.1 Å². The van der Waals surface area contributed by atoms with E-state index in [0.717, 1.165) is 19.5 Å². The van der Waals surface area contributed by atoms with E-state index in [-0.39, 0.29) is 0 Å². The van der Waals surface area contributed by atoms with E-state index in [1.807, 2.05) is 0 Å². The molecule has 0 radical (unpaired) electrons. The van der Waals surface area contributed by atoms with Gasteiger partial charge < -0.3 is 11.1 Å². The third-order valence-electron chi connectivity index (χ3n) is 2.73. The van der Waals surface area contributed by atoms with Gasteiger partial charge in [0, 0.05) is 12.6 Å². The first-order chi connectivity index (χ1) is 6.36. The molecule has 0 amide bonds. The van der Waals surface area contributed by atoms with Crippen LogP contribution in [0.1, 0.15) is 5.56 Å². The number of nitrogens with one attached hydrogen (secondary N) is 1. The minimum absolute atomic E-state index is 0.334. The number of rotatable bonds is 2. The highest BCUT2D eigenvalue weighted by molar-refractivity contribution is 5.16. The van der Waals surface area contributed by atoms with Crippen LogP contribution in [0.5, 0.6) is 0 Å². The summed E-state index contributed by atoms with van der Waals surface area (Å²) in [5, 5.41) is 3.32. The molecule has 0 saturated carbocycles. The second-order valence-electron chi connectivity index (χ2n) is 3.77. The Kier molecular flexibility index (Phi) is 2.62. The maximum Gasteiger partial charge on any atom is 0.0209 e. The second kappa shape index (κ2) is 3.90. The summed E-state index contributed by atoms with van der Waals surface area (Å²) in [6.45, 7) is 2.04. The molecule has 2 nitrogen and oxygen atoms in total. The molecule has 13 heavy (non-hydrogen) atoms. The average molecular weight is 176 g/mol. The van der Waals surface area contributed by atoms with Gasteiger partial charge in [0.1, 0.15) is 0 Å². The zero-order valence-electron chi connectivity index (χ0n) is 7.74. The molecule has 1 aromatic rings. The molecule has 1 aliphatic heterocycles. The lowest BCUT2D eigenvalue weighted by Gasteiger charge is -2.13. The van der Waals surface area contributed by atoms with Gasteiger partial charge in [0.05, 0.1) is 0 Å². The fourth-order valence-corrected chi connectivity index (χ4v) is 1.89. The van der Waals surface area contributed by atoms with Crippen molar-refractivity contribution in [3.05, 3.63) is 35.9 Å². The third kappa shape index (κ3) is 2.08.